The minimum Gasteiger partial charge on any atom is -0.495 e. The molecule has 0 aliphatic rings. The molecule has 0 fully saturated rings. The molecule has 0 unspecified atom stereocenters. The molecule has 0 amide bonds. The summed E-state index contributed by atoms with van der Waals surface area (Å²) >= 11 is 0. The van der Waals surface area contributed by atoms with Crippen LogP contribution in [0.5, 0.6) is 5.75 Å². The Hall–Kier alpha value is -5.11. The van der Waals surface area contributed by atoms with Gasteiger partial charge in [0, 0.05) is 46.9 Å². The van der Waals surface area contributed by atoms with E-state index in [2.05, 4.69) is 20.3 Å². The Morgan fingerprint density at radius 1 is 0.833 bits per heavy atom. The van der Waals surface area contributed by atoms with Gasteiger partial charge in [-0.05, 0) is 59.5 Å². The maximum absolute atomic E-state index is 11.8. The maximum atomic E-state index is 11.8. The number of ether oxygens (including phenoxy) is 1. The normalized spacial score (nSPS) is 11.0. The van der Waals surface area contributed by atoms with Crippen LogP contribution < -0.4 is 15.6 Å². The summed E-state index contributed by atoms with van der Waals surface area (Å²) in [6.45, 7) is 0. The zero-order valence-electron chi connectivity index (χ0n) is 19.3. The lowest BCUT2D eigenvalue weighted by atomic mass is 10.0. The number of methoxy groups -OCH3 is 1. The van der Waals surface area contributed by atoms with E-state index in [0.717, 1.165) is 44.2 Å². The molecule has 0 aliphatic heterocycles. The SMILES string of the molecule is COc1cncc(-c2ccc3nc(-c4cccnc4)nc(Nc4ccc5ccc(=O)[nH]c5c4)c3c2)c1. The van der Waals surface area contributed by atoms with Crippen molar-refractivity contribution in [3.8, 4) is 28.3 Å². The van der Waals surface area contributed by atoms with E-state index in [1.165, 1.54) is 6.07 Å². The molecule has 0 saturated heterocycles. The number of hydrogen-bond donors (Lipinski definition) is 2. The molecule has 0 bridgehead atoms. The van der Waals surface area contributed by atoms with Crippen molar-refractivity contribution in [3.05, 3.63) is 102 Å². The van der Waals surface area contributed by atoms with Crippen LogP contribution in [-0.4, -0.2) is 32.0 Å². The minimum atomic E-state index is -0.150. The molecule has 0 aliphatic carbocycles. The number of hydrogen-bond acceptors (Lipinski definition) is 7. The van der Waals surface area contributed by atoms with Gasteiger partial charge in [-0.15, -0.1) is 0 Å². The van der Waals surface area contributed by atoms with Crippen molar-refractivity contribution in [3.63, 3.8) is 0 Å². The number of H-pyrrole nitrogens is 1. The van der Waals surface area contributed by atoms with Gasteiger partial charge in [-0.1, -0.05) is 12.1 Å². The van der Waals surface area contributed by atoms with Crippen LogP contribution in [-0.2, 0) is 0 Å². The van der Waals surface area contributed by atoms with Crippen LogP contribution in [0, 0.1) is 0 Å². The standard InChI is InChI=1S/C28H20N6O2/c1-36-22-11-20(15-30-16-22)18-5-8-24-23(12-18)28(34-27(33-24)19-3-2-10-29-14-19)31-21-7-4-17-6-9-26(35)32-25(17)13-21/h2-16H,1H3,(H,32,35)(H,31,33,34). The molecule has 0 saturated carbocycles. The summed E-state index contributed by atoms with van der Waals surface area (Å²) in [7, 11) is 1.62. The van der Waals surface area contributed by atoms with Crippen molar-refractivity contribution in [1.82, 2.24) is 24.9 Å². The van der Waals surface area contributed by atoms with Gasteiger partial charge in [0.2, 0.25) is 5.56 Å². The lowest BCUT2D eigenvalue weighted by Gasteiger charge is -2.13. The van der Waals surface area contributed by atoms with Crippen LogP contribution in [0.25, 0.3) is 44.3 Å². The Morgan fingerprint density at radius 3 is 2.58 bits per heavy atom. The first-order chi connectivity index (χ1) is 17.7. The highest BCUT2D eigenvalue weighted by Gasteiger charge is 2.13. The van der Waals surface area contributed by atoms with Crippen LogP contribution in [0.3, 0.4) is 0 Å². The fourth-order valence-corrected chi connectivity index (χ4v) is 4.08. The van der Waals surface area contributed by atoms with Gasteiger partial charge in [0.1, 0.15) is 11.6 Å². The molecule has 36 heavy (non-hydrogen) atoms. The van der Waals surface area contributed by atoms with E-state index in [0.29, 0.717) is 17.4 Å². The zero-order valence-corrected chi connectivity index (χ0v) is 19.3. The zero-order chi connectivity index (χ0) is 24.5. The molecule has 0 atom stereocenters. The second-order valence-electron chi connectivity index (χ2n) is 8.23. The van der Waals surface area contributed by atoms with Crippen LogP contribution in [0.1, 0.15) is 0 Å². The van der Waals surface area contributed by atoms with Crippen LogP contribution in [0.2, 0.25) is 0 Å². The van der Waals surface area contributed by atoms with E-state index in [4.69, 9.17) is 14.7 Å². The first-order valence-electron chi connectivity index (χ1n) is 11.3. The average molecular weight is 473 g/mol. The molecular formula is C28H20N6O2. The molecule has 2 N–H and O–H groups in total. The maximum Gasteiger partial charge on any atom is 0.248 e. The summed E-state index contributed by atoms with van der Waals surface area (Å²) in [6.07, 6.45) is 6.92. The number of aromatic nitrogens is 5. The summed E-state index contributed by atoms with van der Waals surface area (Å²) in [5.41, 5.74) is 4.84. The molecule has 174 valence electrons. The number of benzene rings is 2. The van der Waals surface area contributed by atoms with Gasteiger partial charge >= 0.3 is 0 Å². The van der Waals surface area contributed by atoms with Crippen molar-refractivity contribution in [2.75, 3.05) is 12.4 Å². The second-order valence-corrected chi connectivity index (χ2v) is 8.23. The van der Waals surface area contributed by atoms with E-state index in [1.807, 2.05) is 54.6 Å². The monoisotopic (exact) mass is 472 g/mol. The molecule has 4 heterocycles. The quantitative estimate of drug-likeness (QED) is 0.348. The van der Waals surface area contributed by atoms with E-state index < -0.39 is 0 Å². The van der Waals surface area contributed by atoms with Gasteiger partial charge in [0.15, 0.2) is 5.82 Å². The third kappa shape index (κ3) is 4.12. The Kier molecular flexibility index (Phi) is 5.31. The molecule has 4 aromatic heterocycles. The third-order valence-corrected chi connectivity index (χ3v) is 5.89. The fraction of sp³-hybridized carbons (Fsp3) is 0.0357. The number of anilines is 2. The molecule has 8 heteroatoms. The first kappa shape index (κ1) is 21.4. The predicted octanol–water partition coefficient (Wildman–Crippen LogP) is 5.35. The smallest absolute Gasteiger partial charge is 0.248 e. The topological polar surface area (TPSA) is 106 Å². The fourth-order valence-electron chi connectivity index (χ4n) is 4.08. The lowest BCUT2D eigenvalue weighted by molar-refractivity contribution is 0.413. The van der Waals surface area contributed by atoms with E-state index in [-0.39, 0.29) is 5.56 Å². The van der Waals surface area contributed by atoms with Gasteiger partial charge < -0.3 is 15.0 Å². The number of fused-ring (bicyclic) bond motifs is 2. The first-order valence-corrected chi connectivity index (χ1v) is 11.3. The van der Waals surface area contributed by atoms with Crippen LogP contribution in [0.15, 0.2) is 96.3 Å². The highest BCUT2D eigenvalue weighted by molar-refractivity contribution is 5.96. The molecule has 0 radical (unpaired) electrons. The average Bonchev–Trinajstić information content (AvgIpc) is 2.93. The number of pyridine rings is 3. The van der Waals surface area contributed by atoms with Crippen molar-refractivity contribution < 1.29 is 4.74 Å². The molecule has 2 aromatic carbocycles. The van der Waals surface area contributed by atoms with E-state index >= 15 is 0 Å². The van der Waals surface area contributed by atoms with Gasteiger partial charge in [-0.25, -0.2) is 9.97 Å². The van der Waals surface area contributed by atoms with Crippen molar-refractivity contribution in [1.29, 1.82) is 0 Å². The molecule has 6 rings (SSSR count). The third-order valence-electron chi connectivity index (χ3n) is 5.89. The molecule has 8 nitrogen and oxygen atoms in total. The van der Waals surface area contributed by atoms with Crippen molar-refractivity contribution in [2.24, 2.45) is 0 Å². The van der Waals surface area contributed by atoms with Gasteiger partial charge in [0.25, 0.3) is 0 Å². The Balaban J connectivity index is 1.51. The molecular weight excluding hydrogens is 452 g/mol. The molecule has 0 spiro atoms. The lowest BCUT2D eigenvalue weighted by Crippen LogP contribution is -2.03. The molecule has 6 aromatic rings. The van der Waals surface area contributed by atoms with Gasteiger partial charge in [0.05, 0.1) is 24.3 Å². The summed E-state index contributed by atoms with van der Waals surface area (Å²) in [5.74, 6) is 1.87. The number of aromatic amines is 1. The van der Waals surface area contributed by atoms with E-state index in [9.17, 15) is 4.79 Å². The van der Waals surface area contributed by atoms with Crippen molar-refractivity contribution >= 4 is 33.3 Å². The highest BCUT2D eigenvalue weighted by Crippen LogP contribution is 2.32. The number of nitrogens with one attached hydrogen (secondary N) is 2. The van der Waals surface area contributed by atoms with Crippen molar-refractivity contribution in [2.45, 2.75) is 0 Å². The Morgan fingerprint density at radius 2 is 1.72 bits per heavy atom. The largest absolute Gasteiger partial charge is 0.495 e. The summed E-state index contributed by atoms with van der Waals surface area (Å²) in [5, 5.41) is 5.21. The van der Waals surface area contributed by atoms with E-state index in [1.54, 1.807) is 38.0 Å². The number of nitrogens with zero attached hydrogens (tertiary/aromatic N) is 4. The second kappa shape index (κ2) is 8.92. The van der Waals surface area contributed by atoms with Crippen LogP contribution >= 0.6 is 0 Å². The summed E-state index contributed by atoms with van der Waals surface area (Å²) in [6, 6.07) is 20.8. The Labute approximate surface area is 205 Å². The Bertz CT molecular complexity index is 1780. The highest BCUT2D eigenvalue weighted by atomic mass is 16.5. The summed E-state index contributed by atoms with van der Waals surface area (Å²) in [4.78, 5) is 32.9. The van der Waals surface area contributed by atoms with Crippen LogP contribution in [0.4, 0.5) is 11.5 Å². The predicted molar refractivity (Wildman–Crippen MR) is 140 cm³/mol. The number of rotatable bonds is 5. The van der Waals surface area contributed by atoms with Gasteiger partial charge in [-0.2, -0.15) is 0 Å². The van der Waals surface area contributed by atoms with Gasteiger partial charge in [-0.3, -0.25) is 14.8 Å². The summed E-state index contributed by atoms with van der Waals surface area (Å²) < 4.78 is 5.34. The minimum absolute atomic E-state index is 0.150.